The molecule has 0 aliphatic heterocycles. The Morgan fingerprint density at radius 3 is 2.39 bits per heavy atom. The van der Waals surface area contributed by atoms with E-state index in [1.807, 2.05) is 13.8 Å². The lowest BCUT2D eigenvalue weighted by atomic mass is 10.1. The highest BCUT2D eigenvalue weighted by Gasteiger charge is 2.14. The fraction of sp³-hybridized carbons (Fsp3) is 0.200. The van der Waals surface area contributed by atoms with Crippen molar-refractivity contribution < 1.29 is 12.8 Å². The Hall–Kier alpha value is -2.84. The first-order chi connectivity index (χ1) is 13.3. The maximum atomic E-state index is 13.0. The highest BCUT2D eigenvalue weighted by molar-refractivity contribution is 7.89. The molecule has 0 saturated carbocycles. The lowest BCUT2D eigenvalue weighted by molar-refractivity contribution is 0.568. The Morgan fingerprint density at radius 2 is 1.75 bits per heavy atom. The summed E-state index contributed by atoms with van der Waals surface area (Å²) in [4.78, 5) is 16.6. The smallest absolute Gasteiger partial charge is 0.253 e. The average molecular weight is 401 g/mol. The monoisotopic (exact) mass is 401 g/mol. The van der Waals surface area contributed by atoms with Gasteiger partial charge in [0.1, 0.15) is 5.82 Å². The molecule has 3 aromatic rings. The third-order valence-corrected chi connectivity index (χ3v) is 5.91. The molecule has 8 heteroatoms. The summed E-state index contributed by atoms with van der Waals surface area (Å²) in [6, 6.07) is 11.9. The van der Waals surface area contributed by atoms with Crippen LogP contribution in [0.25, 0.3) is 11.3 Å². The summed E-state index contributed by atoms with van der Waals surface area (Å²) in [5.74, 6) is -0.367. The SMILES string of the molecule is Cc1ccc(S(=O)(=O)NCCn2cnc(-c3ccc(F)cc3)cc2=O)cc1C. The fourth-order valence-corrected chi connectivity index (χ4v) is 3.74. The van der Waals surface area contributed by atoms with E-state index in [-0.39, 0.29) is 29.4 Å². The summed E-state index contributed by atoms with van der Waals surface area (Å²) >= 11 is 0. The van der Waals surface area contributed by atoms with E-state index in [0.717, 1.165) is 11.1 Å². The molecule has 0 fully saturated rings. The molecule has 1 heterocycles. The molecule has 3 rings (SSSR count). The van der Waals surface area contributed by atoms with Crippen LogP contribution < -0.4 is 10.3 Å². The third-order valence-electron chi connectivity index (χ3n) is 4.45. The van der Waals surface area contributed by atoms with Crippen LogP contribution in [0.5, 0.6) is 0 Å². The van der Waals surface area contributed by atoms with Crippen LogP contribution in [0.1, 0.15) is 11.1 Å². The van der Waals surface area contributed by atoms with E-state index in [0.29, 0.717) is 11.3 Å². The van der Waals surface area contributed by atoms with Crippen molar-refractivity contribution in [2.75, 3.05) is 6.54 Å². The number of rotatable bonds is 6. The molecule has 28 heavy (non-hydrogen) atoms. The van der Waals surface area contributed by atoms with Crippen LogP contribution in [0.2, 0.25) is 0 Å². The van der Waals surface area contributed by atoms with Gasteiger partial charge < -0.3 is 0 Å². The van der Waals surface area contributed by atoms with Crippen molar-refractivity contribution in [2.24, 2.45) is 0 Å². The van der Waals surface area contributed by atoms with E-state index in [1.165, 1.54) is 29.1 Å². The minimum Gasteiger partial charge on any atom is -0.298 e. The van der Waals surface area contributed by atoms with Crippen LogP contribution >= 0.6 is 0 Å². The van der Waals surface area contributed by atoms with Crippen LogP contribution in [-0.4, -0.2) is 24.5 Å². The van der Waals surface area contributed by atoms with E-state index in [2.05, 4.69) is 9.71 Å². The fourth-order valence-electron chi connectivity index (χ4n) is 2.64. The van der Waals surface area contributed by atoms with Crippen LogP contribution in [0, 0.1) is 19.7 Å². The summed E-state index contributed by atoms with van der Waals surface area (Å²) < 4.78 is 41.6. The largest absolute Gasteiger partial charge is 0.298 e. The highest BCUT2D eigenvalue weighted by atomic mass is 32.2. The number of benzene rings is 2. The summed E-state index contributed by atoms with van der Waals surface area (Å²) in [5.41, 5.74) is 2.63. The lowest BCUT2D eigenvalue weighted by Crippen LogP contribution is -2.31. The predicted octanol–water partition coefficient (Wildman–Crippen LogP) is 2.64. The second kappa shape index (κ2) is 8.04. The van der Waals surface area contributed by atoms with E-state index < -0.39 is 10.0 Å². The normalized spacial score (nSPS) is 11.5. The van der Waals surface area contributed by atoms with Crippen molar-refractivity contribution in [3.63, 3.8) is 0 Å². The Balaban J connectivity index is 1.68. The molecule has 0 spiro atoms. The maximum Gasteiger partial charge on any atom is 0.253 e. The molecular formula is C20H20FN3O3S. The minimum atomic E-state index is -3.66. The van der Waals surface area contributed by atoms with Gasteiger partial charge in [-0.25, -0.2) is 22.5 Å². The quantitative estimate of drug-likeness (QED) is 0.689. The highest BCUT2D eigenvalue weighted by Crippen LogP contribution is 2.16. The Labute approximate surface area is 162 Å². The molecular weight excluding hydrogens is 381 g/mol. The molecule has 0 radical (unpaired) electrons. The van der Waals surface area contributed by atoms with Gasteiger partial charge in [0.15, 0.2) is 0 Å². The lowest BCUT2D eigenvalue weighted by Gasteiger charge is -2.10. The number of nitrogens with one attached hydrogen (secondary N) is 1. The second-order valence-electron chi connectivity index (χ2n) is 6.46. The van der Waals surface area contributed by atoms with Crippen molar-refractivity contribution in [3.05, 3.63) is 82.2 Å². The molecule has 1 N–H and O–H groups in total. The van der Waals surface area contributed by atoms with Gasteiger partial charge in [0.25, 0.3) is 5.56 Å². The molecule has 2 aromatic carbocycles. The number of aromatic nitrogens is 2. The Bertz CT molecular complexity index is 1160. The number of aryl methyl sites for hydroxylation is 2. The van der Waals surface area contributed by atoms with Gasteiger partial charge >= 0.3 is 0 Å². The van der Waals surface area contributed by atoms with Crippen molar-refractivity contribution in [3.8, 4) is 11.3 Å². The molecule has 0 unspecified atom stereocenters. The maximum absolute atomic E-state index is 13.0. The summed E-state index contributed by atoms with van der Waals surface area (Å²) in [5, 5.41) is 0. The minimum absolute atomic E-state index is 0.0484. The van der Waals surface area contributed by atoms with Crippen LogP contribution in [0.15, 0.2) is 64.5 Å². The van der Waals surface area contributed by atoms with Gasteiger partial charge in [-0.3, -0.25) is 9.36 Å². The van der Waals surface area contributed by atoms with Gasteiger partial charge in [0, 0.05) is 24.7 Å². The summed E-state index contributed by atoms with van der Waals surface area (Å²) in [6.07, 6.45) is 1.35. The first kappa shape index (κ1) is 19.9. The zero-order valence-corrected chi connectivity index (χ0v) is 16.3. The average Bonchev–Trinajstić information content (AvgIpc) is 2.65. The van der Waals surface area contributed by atoms with Crippen LogP contribution in [0.4, 0.5) is 4.39 Å². The van der Waals surface area contributed by atoms with Crippen molar-refractivity contribution in [1.29, 1.82) is 0 Å². The van der Waals surface area contributed by atoms with Gasteiger partial charge in [-0.15, -0.1) is 0 Å². The van der Waals surface area contributed by atoms with Gasteiger partial charge in [0.2, 0.25) is 10.0 Å². The van der Waals surface area contributed by atoms with E-state index in [1.54, 1.807) is 30.3 Å². The number of hydrogen-bond donors (Lipinski definition) is 1. The van der Waals surface area contributed by atoms with E-state index in [9.17, 15) is 17.6 Å². The zero-order chi connectivity index (χ0) is 20.3. The Kier molecular flexibility index (Phi) is 5.71. The molecule has 0 aliphatic rings. The number of halogens is 1. The predicted molar refractivity (Wildman–Crippen MR) is 105 cm³/mol. The van der Waals surface area contributed by atoms with Gasteiger partial charge in [0.05, 0.1) is 16.9 Å². The molecule has 146 valence electrons. The number of hydrogen-bond acceptors (Lipinski definition) is 4. The summed E-state index contributed by atoms with van der Waals surface area (Å²) in [6.45, 7) is 3.95. The third kappa shape index (κ3) is 4.52. The van der Waals surface area contributed by atoms with Crippen molar-refractivity contribution in [2.45, 2.75) is 25.3 Å². The first-order valence-corrected chi connectivity index (χ1v) is 10.1. The molecule has 0 saturated heterocycles. The molecule has 0 atom stereocenters. The van der Waals surface area contributed by atoms with Crippen molar-refractivity contribution in [1.82, 2.24) is 14.3 Å². The van der Waals surface area contributed by atoms with Crippen LogP contribution in [-0.2, 0) is 16.6 Å². The molecule has 0 aliphatic carbocycles. The summed E-state index contributed by atoms with van der Waals surface area (Å²) in [7, 11) is -3.66. The van der Waals surface area contributed by atoms with E-state index >= 15 is 0 Å². The number of nitrogens with zero attached hydrogens (tertiary/aromatic N) is 2. The number of sulfonamides is 1. The van der Waals surface area contributed by atoms with Gasteiger partial charge in [-0.2, -0.15) is 0 Å². The van der Waals surface area contributed by atoms with Crippen molar-refractivity contribution >= 4 is 10.0 Å². The standard InChI is InChI=1S/C20H20FN3O3S/c1-14-3-8-18(11-15(14)2)28(26,27)23-9-10-24-13-22-19(12-20(24)25)16-4-6-17(21)7-5-16/h3-8,11-13,23H,9-10H2,1-2H3. The molecule has 1 aromatic heterocycles. The van der Waals surface area contributed by atoms with Gasteiger partial charge in [-0.1, -0.05) is 6.07 Å². The molecule has 6 nitrogen and oxygen atoms in total. The first-order valence-electron chi connectivity index (χ1n) is 8.65. The Morgan fingerprint density at radius 1 is 1.04 bits per heavy atom. The zero-order valence-electron chi connectivity index (χ0n) is 15.5. The van der Waals surface area contributed by atoms with Gasteiger partial charge in [-0.05, 0) is 61.4 Å². The molecule has 0 amide bonds. The topological polar surface area (TPSA) is 81.1 Å². The van der Waals surface area contributed by atoms with Crippen LogP contribution in [0.3, 0.4) is 0 Å². The second-order valence-corrected chi connectivity index (χ2v) is 8.22. The van der Waals surface area contributed by atoms with E-state index in [4.69, 9.17) is 0 Å². The molecule has 0 bridgehead atoms.